The second kappa shape index (κ2) is 5.85. The third-order valence-electron chi connectivity index (χ3n) is 3.79. The third kappa shape index (κ3) is 3.12. The summed E-state index contributed by atoms with van der Waals surface area (Å²) in [5.74, 6) is 0.611. The summed E-state index contributed by atoms with van der Waals surface area (Å²) in [6.45, 7) is 7.37. The molecule has 0 radical (unpaired) electrons. The fraction of sp³-hybridized carbons (Fsp3) is 0.625. The number of aryl methyl sites for hydroxylation is 2. The van der Waals surface area contributed by atoms with Crippen LogP contribution in [0.15, 0.2) is 18.2 Å². The van der Waals surface area contributed by atoms with Crippen molar-refractivity contribution in [2.45, 2.75) is 52.2 Å². The van der Waals surface area contributed by atoms with Crippen LogP contribution in [0.25, 0.3) is 0 Å². The SMILES string of the molecule is CC(C)CNC(C)C(O)c1ccc2c(c1)CCC2. The maximum Gasteiger partial charge on any atom is 0.0940 e. The summed E-state index contributed by atoms with van der Waals surface area (Å²) in [7, 11) is 0. The predicted octanol–water partition coefficient (Wildman–Crippen LogP) is 2.84. The molecule has 1 aromatic rings. The van der Waals surface area contributed by atoms with Crippen molar-refractivity contribution in [3.63, 3.8) is 0 Å². The van der Waals surface area contributed by atoms with Crippen LogP contribution in [0.5, 0.6) is 0 Å². The minimum Gasteiger partial charge on any atom is -0.387 e. The van der Waals surface area contributed by atoms with Crippen molar-refractivity contribution in [2.75, 3.05) is 6.54 Å². The fourth-order valence-electron chi connectivity index (χ4n) is 2.60. The van der Waals surface area contributed by atoms with E-state index in [1.807, 2.05) is 0 Å². The lowest BCUT2D eigenvalue weighted by Crippen LogP contribution is -2.34. The van der Waals surface area contributed by atoms with Crippen molar-refractivity contribution in [2.24, 2.45) is 5.92 Å². The lowest BCUT2D eigenvalue weighted by Gasteiger charge is -2.22. The highest BCUT2D eigenvalue weighted by Crippen LogP contribution is 2.26. The Morgan fingerprint density at radius 3 is 2.61 bits per heavy atom. The number of hydrogen-bond donors (Lipinski definition) is 2. The molecule has 2 rings (SSSR count). The molecular weight excluding hydrogens is 222 g/mol. The van der Waals surface area contributed by atoms with E-state index < -0.39 is 6.10 Å². The molecule has 100 valence electrons. The van der Waals surface area contributed by atoms with Crippen LogP contribution >= 0.6 is 0 Å². The number of aliphatic hydroxyl groups excluding tert-OH is 1. The molecule has 0 amide bonds. The molecule has 18 heavy (non-hydrogen) atoms. The molecule has 0 spiro atoms. The van der Waals surface area contributed by atoms with Crippen LogP contribution in [0.2, 0.25) is 0 Å². The predicted molar refractivity (Wildman–Crippen MR) is 75.7 cm³/mol. The van der Waals surface area contributed by atoms with Gasteiger partial charge in [0, 0.05) is 6.04 Å². The minimum absolute atomic E-state index is 0.104. The Morgan fingerprint density at radius 1 is 1.17 bits per heavy atom. The van der Waals surface area contributed by atoms with Crippen LogP contribution in [0, 0.1) is 5.92 Å². The Bertz CT molecular complexity index is 400. The number of fused-ring (bicyclic) bond motifs is 1. The zero-order valence-electron chi connectivity index (χ0n) is 11.7. The summed E-state index contributed by atoms with van der Waals surface area (Å²) in [6.07, 6.45) is 3.22. The highest BCUT2D eigenvalue weighted by Gasteiger charge is 2.18. The minimum atomic E-state index is -0.408. The summed E-state index contributed by atoms with van der Waals surface area (Å²) < 4.78 is 0. The quantitative estimate of drug-likeness (QED) is 0.838. The Balaban J connectivity index is 2.02. The van der Waals surface area contributed by atoms with Gasteiger partial charge in [0.1, 0.15) is 0 Å². The van der Waals surface area contributed by atoms with Crippen LogP contribution in [-0.4, -0.2) is 17.7 Å². The smallest absolute Gasteiger partial charge is 0.0940 e. The monoisotopic (exact) mass is 247 g/mol. The fourth-order valence-corrected chi connectivity index (χ4v) is 2.60. The molecule has 0 bridgehead atoms. The molecule has 2 unspecified atom stereocenters. The van der Waals surface area contributed by atoms with Crippen molar-refractivity contribution in [3.05, 3.63) is 34.9 Å². The van der Waals surface area contributed by atoms with E-state index >= 15 is 0 Å². The van der Waals surface area contributed by atoms with Gasteiger partial charge in [0.25, 0.3) is 0 Å². The van der Waals surface area contributed by atoms with Crippen LogP contribution in [0.1, 0.15) is 50.0 Å². The summed E-state index contributed by atoms with van der Waals surface area (Å²) >= 11 is 0. The van der Waals surface area contributed by atoms with Crippen molar-refractivity contribution < 1.29 is 5.11 Å². The van der Waals surface area contributed by atoms with E-state index in [1.54, 1.807) is 0 Å². The zero-order chi connectivity index (χ0) is 13.1. The highest BCUT2D eigenvalue weighted by molar-refractivity contribution is 5.36. The Kier molecular flexibility index (Phi) is 4.41. The van der Waals surface area contributed by atoms with Gasteiger partial charge in [-0.1, -0.05) is 32.0 Å². The lowest BCUT2D eigenvalue weighted by atomic mass is 9.99. The molecule has 0 saturated heterocycles. The Morgan fingerprint density at radius 2 is 1.89 bits per heavy atom. The molecule has 0 fully saturated rings. The van der Waals surface area contributed by atoms with Gasteiger partial charge in [0.15, 0.2) is 0 Å². The Hall–Kier alpha value is -0.860. The van der Waals surface area contributed by atoms with E-state index in [4.69, 9.17) is 0 Å². The van der Waals surface area contributed by atoms with Gasteiger partial charge in [-0.05, 0) is 55.3 Å². The maximum atomic E-state index is 10.4. The molecule has 1 aliphatic rings. The number of rotatable bonds is 5. The number of hydrogen-bond acceptors (Lipinski definition) is 2. The molecular formula is C16H25NO. The van der Waals surface area contributed by atoms with Gasteiger partial charge in [-0.3, -0.25) is 0 Å². The summed E-state index contributed by atoms with van der Waals surface area (Å²) in [5.41, 5.74) is 3.95. The van der Waals surface area contributed by atoms with E-state index in [2.05, 4.69) is 44.3 Å². The molecule has 1 aliphatic carbocycles. The van der Waals surface area contributed by atoms with E-state index in [0.29, 0.717) is 5.92 Å². The summed E-state index contributed by atoms with van der Waals surface area (Å²) in [6, 6.07) is 6.57. The normalized spacial score (nSPS) is 17.8. The molecule has 2 nitrogen and oxygen atoms in total. The Labute approximate surface area is 110 Å². The van der Waals surface area contributed by atoms with Crippen LogP contribution in [-0.2, 0) is 12.8 Å². The molecule has 0 aromatic heterocycles. The second-order valence-electron chi connectivity index (χ2n) is 5.92. The van der Waals surface area contributed by atoms with Crippen molar-refractivity contribution >= 4 is 0 Å². The molecule has 2 atom stereocenters. The average molecular weight is 247 g/mol. The maximum absolute atomic E-state index is 10.4. The van der Waals surface area contributed by atoms with Gasteiger partial charge in [-0.15, -0.1) is 0 Å². The standard InChI is InChI=1S/C16H25NO/c1-11(2)10-17-12(3)16(18)15-8-7-13-5-4-6-14(13)9-15/h7-9,11-12,16-18H,4-6,10H2,1-3H3. The molecule has 2 N–H and O–H groups in total. The number of aliphatic hydroxyl groups is 1. The van der Waals surface area contributed by atoms with Gasteiger partial charge in [-0.25, -0.2) is 0 Å². The lowest BCUT2D eigenvalue weighted by molar-refractivity contribution is 0.134. The summed E-state index contributed by atoms with van der Waals surface area (Å²) in [4.78, 5) is 0. The second-order valence-corrected chi connectivity index (χ2v) is 5.92. The first-order chi connectivity index (χ1) is 8.58. The van der Waals surface area contributed by atoms with Gasteiger partial charge in [-0.2, -0.15) is 0 Å². The molecule has 0 aliphatic heterocycles. The van der Waals surface area contributed by atoms with Crippen molar-refractivity contribution in [3.8, 4) is 0 Å². The first-order valence-electron chi connectivity index (χ1n) is 7.11. The zero-order valence-corrected chi connectivity index (χ0v) is 11.7. The van der Waals surface area contributed by atoms with E-state index in [1.165, 1.54) is 30.4 Å². The number of nitrogens with one attached hydrogen (secondary N) is 1. The average Bonchev–Trinajstić information content (AvgIpc) is 2.81. The van der Waals surface area contributed by atoms with Crippen LogP contribution in [0.4, 0.5) is 0 Å². The van der Waals surface area contributed by atoms with E-state index in [0.717, 1.165) is 12.1 Å². The van der Waals surface area contributed by atoms with Crippen LogP contribution in [0.3, 0.4) is 0 Å². The van der Waals surface area contributed by atoms with E-state index in [-0.39, 0.29) is 6.04 Å². The highest BCUT2D eigenvalue weighted by atomic mass is 16.3. The van der Waals surface area contributed by atoms with Gasteiger partial charge < -0.3 is 10.4 Å². The van der Waals surface area contributed by atoms with Gasteiger partial charge >= 0.3 is 0 Å². The molecule has 1 aromatic carbocycles. The van der Waals surface area contributed by atoms with Crippen LogP contribution < -0.4 is 5.32 Å². The molecule has 0 saturated carbocycles. The topological polar surface area (TPSA) is 32.3 Å². The van der Waals surface area contributed by atoms with Gasteiger partial charge in [0.05, 0.1) is 6.10 Å². The first-order valence-corrected chi connectivity index (χ1v) is 7.11. The molecule has 2 heteroatoms. The number of benzene rings is 1. The van der Waals surface area contributed by atoms with Gasteiger partial charge in [0.2, 0.25) is 0 Å². The largest absolute Gasteiger partial charge is 0.387 e. The first kappa shape index (κ1) is 13.6. The van der Waals surface area contributed by atoms with Crippen molar-refractivity contribution in [1.82, 2.24) is 5.32 Å². The third-order valence-corrected chi connectivity index (χ3v) is 3.79. The van der Waals surface area contributed by atoms with Crippen molar-refractivity contribution in [1.29, 1.82) is 0 Å². The molecule has 0 heterocycles. The van der Waals surface area contributed by atoms with E-state index in [9.17, 15) is 5.11 Å². The summed E-state index contributed by atoms with van der Waals surface area (Å²) in [5, 5.41) is 13.8.